The maximum absolute atomic E-state index is 12.8. The minimum Gasteiger partial charge on any atom is -0.502 e. The van der Waals surface area contributed by atoms with Crippen LogP contribution in [-0.4, -0.2) is 45.4 Å². The summed E-state index contributed by atoms with van der Waals surface area (Å²) >= 11 is 0. The zero-order valence-corrected chi connectivity index (χ0v) is 17.1. The summed E-state index contributed by atoms with van der Waals surface area (Å²) in [6, 6.07) is 17.7. The average molecular weight is 417 g/mol. The van der Waals surface area contributed by atoms with Crippen LogP contribution in [0.25, 0.3) is 0 Å². The van der Waals surface area contributed by atoms with E-state index < -0.39 is 17.1 Å². The first-order valence-corrected chi connectivity index (χ1v) is 10.4. The topological polar surface area (TPSA) is 84.7 Å². The van der Waals surface area contributed by atoms with Gasteiger partial charge in [-0.15, -0.1) is 0 Å². The molecule has 5 rings (SSSR count). The molecule has 1 N–H and O–H groups in total. The normalized spacial score (nSPS) is 19.1. The molecule has 1 aliphatic carbocycles. The number of rotatable bonds is 5. The van der Waals surface area contributed by atoms with Gasteiger partial charge < -0.3 is 14.7 Å². The van der Waals surface area contributed by atoms with E-state index in [0.717, 1.165) is 35.9 Å². The maximum Gasteiger partial charge on any atom is 0.275 e. The van der Waals surface area contributed by atoms with Gasteiger partial charge in [-0.05, 0) is 36.1 Å². The summed E-state index contributed by atoms with van der Waals surface area (Å²) in [4.78, 5) is 26.3. The first kappa shape index (κ1) is 19.4. The Morgan fingerprint density at radius 1 is 1.06 bits per heavy atom. The lowest BCUT2D eigenvalue weighted by Crippen LogP contribution is -2.45. The summed E-state index contributed by atoms with van der Waals surface area (Å²) < 4.78 is 7.52. The molecule has 0 radical (unpaired) electrons. The van der Waals surface area contributed by atoms with Gasteiger partial charge in [0.05, 0.1) is 18.3 Å². The SMILES string of the molecule is CN1CC([C@H](c2ccccc2)c2cccc(OC3CC3)c2)n2ncc(=O)c(O)c2C1=O. The molecule has 1 amide bonds. The largest absolute Gasteiger partial charge is 0.502 e. The number of aromatic nitrogens is 2. The van der Waals surface area contributed by atoms with Gasteiger partial charge in [0, 0.05) is 19.5 Å². The first-order valence-electron chi connectivity index (χ1n) is 10.4. The number of carbonyl (C=O) groups is 1. The fourth-order valence-corrected chi connectivity index (χ4v) is 4.23. The summed E-state index contributed by atoms with van der Waals surface area (Å²) in [5, 5.41) is 14.6. The molecule has 0 saturated heterocycles. The van der Waals surface area contributed by atoms with Gasteiger partial charge in [0.1, 0.15) is 5.75 Å². The van der Waals surface area contributed by atoms with Crippen LogP contribution in [-0.2, 0) is 0 Å². The highest BCUT2D eigenvalue weighted by Crippen LogP contribution is 2.40. The maximum atomic E-state index is 12.8. The monoisotopic (exact) mass is 417 g/mol. The van der Waals surface area contributed by atoms with Crippen LogP contribution in [0.1, 0.15) is 46.4 Å². The number of amides is 1. The molecule has 2 heterocycles. The summed E-state index contributed by atoms with van der Waals surface area (Å²) in [6.45, 7) is 0.383. The van der Waals surface area contributed by atoms with Crippen molar-refractivity contribution in [2.24, 2.45) is 0 Å². The molecule has 1 aliphatic heterocycles. The van der Waals surface area contributed by atoms with E-state index in [2.05, 4.69) is 5.10 Å². The molecular formula is C24H23N3O4. The van der Waals surface area contributed by atoms with Gasteiger partial charge in [-0.1, -0.05) is 42.5 Å². The Balaban J connectivity index is 1.66. The van der Waals surface area contributed by atoms with Crippen molar-refractivity contribution in [3.05, 3.63) is 87.8 Å². The number of hydrogen-bond donors (Lipinski definition) is 1. The Kier molecular flexibility index (Phi) is 4.73. The third-order valence-corrected chi connectivity index (χ3v) is 5.90. The summed E-state index contributed by atoms with van der Waals surface area (Å²) in [6.07, 6.45) is 3.50. The second kappa shape index (κ2) is 7.58. The van der Waals surface area contributed by atoms with Crippen LogP contribution in [0, 0.1) is 0 Å². The summed E-state index contributed by atoms with van der Waals surface area (Å²) in [5.41, 5.74) is 1.33. The third kappa shape index (κ3) is 3.56. The van der Waals surface area contributed by atoms with E-state index in [9.17, 15) is 14.7 Å². The quantitative estimate of drug-likeness (QED) is 0.690. The number of nitrogens with zero attached hydrogens (tertiary/aromatic N) is 3. The number of carbonyl (C=O) groups excluding carboxylic acids is 1. The molecule has 2 aromatic carbocycles. The van der Waals surface area contributed by atoms with E-state index in [1.165, 1.54) is 9.58 Å². The van der Waals surface area contributed by atoms with Crippen molar-refractivity contribution in [1.29, 1.82) is 0 Å². The predicted octanol–water partition coefficient (Wildman–Crippen LogP) is 2.95. The predicted molar refractivity (Wildman–Crippen MR) is 115 cm³/mol. The number of aromatic hydroxyl groups is 1. The fourth-order valence-electron chi connectivity index (χ4n) is 4.23. The summed E-state index contributed by atoms with van der Waals surface area (Å²) in [5.74, 6) is -0.337. The molecule has 7 heteroatoms. The second-order valence-electron chi connectivity index (χ2n) is 8.18. The molecule has 1 saturated carbocycles. The molecule has 7 nitrogen and oxygen atoms in total. The van der Waals surface area contributed by atoms with Crippen molar-refractivity contribution >= 4 is 5.91 Å². The molecule has 1 aromatic heterocycles. The van der Waals surface area contributed by atoms with E-state index in [0.29, 0.717) is 6.54 Å². The van der Waals surface area contributed by atoms with E-state index in [1.807, 2.05) is 54.6 Å². The zero-order chi connectivity index (χ0) is 21.5. The average Bonchev–Trinajstić information content (AvgIpc) is 3.59. The van der Waals surface area contributed by atoms with Gasteiger partial charge >= 0.3 is 0 Å². The summed E-state index contributed by atoms with van der Waals surface area (Å²) in [7, 11) is 1.67. The highest BCUT2D eigenvalue weighted by atomic mass is 16.5. The fraction of sp³-hybridized carbons (Fsp3) is 0.292. The standard InChI is InChI=1S/C24H23N3O4/c1-26-14-19(27-22(24(26)30)23(29)20(28)13-25-27)21(15-6-3-2-4-7-15)16-8-5-9-18(12-16)31-17-10-11-17/h2-9,12-13,17,19,21,29H,10-11,14H2,1H3/t19?,21-/m1/s1. The molecule has 0 spiro atoms. The Bertz CT molecular complexity index is 1190. The van der Waals surface area contributed by atoms with Gasteiger partial charge in [0.15, 0.2) is 11.4 Å². The van der Waals surface area contributed by atoms with Crippen LogP contribution in [0.4, 0.5) is 0 Å². The highest BCUT2D eigenvalue weighted by molar-refractivity contribution is 5.95. The van der Waals surface area contributed by atoms with E-state index in [1.54, 1.807) is 7.05 Å². The van der Waals surface area contributed by atoms with Crippen molar-refractivity contribution < 1.29 is 14.6 Å². The lowest BCUT2D eigenvalue weighted by atomic mass is 9.83. The lowest BCUT2D eigenvalue weighted by molar-refractivity contribution is 0.0686. The first-order chi connectivity index (χ1) is 15.0. The van der Waals surface area contributed by atoms with Crippen LogP contribution < -0.4 is 10.2 Å². The Hall–Kier alpha value is -3.61. The molecule has 1 fully saturated rings. The van der Waals surface area contributed by atoms with Crippen LogP contribution in [0.15, 0.2) is 65.6 Å². The van der Waals surface area contributed by atoms with Gasteiger partial charge in [-0.25, -0.2) is 0 Å². The van der Waals surface area contributed by atoms with Crippen molar-refractivity contribution in [3.63, 3.8) is 0 Å². The molecular weight excluding hydrogens is 394 g/mol. The molecule has 1 unspecified atom stereocenters. The van der Waals surface area contributed by atoms with Crippen molar-refractivity contribution in [3.8, 4) is 11.5 Å². The van der Waals surface area contributed by atoms with Crippen LogP contribution >= 0.6 is 0 Å². The number of hydrogen-bond acceptors (Lipinski definition) is 5. The third-order valence-electron chi connectivity index (χ3n) is 5.90. The van der Waals surface area contributed by atoms with Crippen molar-refractivity contribution in [2.75, 3.05) is 13.6 Å². The minimum absolute atomic E-state index is 0.0717. The van der Waals surface area contributed by atoms with E-state index in [4.69, 9.17) is 4.74 Å². The van der Waals surface area contributed by atoms with Crippen LogP contribution in [0.3, 0.4) is 0 Å². The molecule has 2 aliphatic rings. The molecule has 31 heavy (non-hydrogen) atoms. The van der Waals surface area contributed by atoms with E-state index >= 15 is 0 Å². The number of fused-ring (bicyclic) bond motifs is 1. The Morgan fingerprint density at radius 2 is 1.81 bits per heavy atom. The minimum atomic E-state index is -0.662. The number of benzene rings is 2. The van der Waals surface area contributed by atoms with Gasteiger partial charge in [0.2, 0.25) is 5.43 Å². The highest BCUT2D eigenvalue weighted by Gasteiger charge is 2.38. The van der Waals surface area contributed by atoms with E-state index in [-0.39, 0.29) is 23.8 Å². The second-order valence-corrected chi connectivity index (χ2v) is 8.18. The smallest absolute Gasteiger partial charge is 0.275 e. The van der Waals surface area contributed by atoms with Gasteiger partial charge in [-0.3, -0.25) is 14.3 Å². The Labute approximate surface area is 179 Å². The number of likely N-dealkylation sites (N-methyl/N-ethyl adjacent to an activating group) is 1. The van der Waals surface area contributed by atoms with Crippen LogP contribution in [0.5, 0.6) is 11.5 Å². The number of ether oxygens (including phenoxy) is 1. The molecule has 158 valence electrons. The van der Waals surface area contributed by atoms with Gasteiger partial charge in [-0.2, -0.15) is 5.10 Å². The molecule has 2 atom stereocenters. The van der Waals surface area contributed by atoms with Crippen molar-refractivity contribution in [1.82, 2.24) is 14.7 Å². The molecule has 3 aromatic rings. The van der Waals surface area contributed by atoms with Crippen molar-refractivity contribution in [2.45, 2.75) is 30.9 Å². The van der Waals surface area contributed by atoms with Crippen LogP contribution in [0.2, 0.25) is 0 Å². The lowest BCUT2D eigenvalue weighted by Gasteiger charge is -2.37. The van der Waals surface area contributed by atoms with Gasteiger partial charge in [0.25, 0.3) is 5.91 Å². The molecule has 0 bridgehead atoms. The Morgan fingerprint density at radius 3 is 2.55 bits per heavy atom. The zero-order valence-electron chi connectivity index (χ0n) is 17.1.